The lowest BCUT2D eigenvalue weighted by atomic mass is 10.0. The van der Waals surface area contributed by atoms with Crippen LogP contribution in [-0.4, -0.2) is 6.61 Å². The minimum Gasteiger partial charge on any atom is -0.435 e. The predicted molar refractivity (Wildman–Crippen MR) is 83.5 cm³/mol. The van der Waals surface area contributed by atoms with Crippen LogP contribution in [0.3, 0.4) is 0 Å². The highest BCUT2D eigenvalue weighted by Gasteiger charge is 2.23. The van der Waals surface area contributed by atoms with Crippen LogP contribution in [0.5, 0.6) is 5.75 Å². The van der Waals surface area contributed by atoms with Crippen molar-refractivity contribution in [3.63, 3.8) is 0 Å². The van der Waals surface area contributed by atoms with Gasteiger partial charge in [0.25, 0.3) is 0 Å². The van der Waals surface area contributed by atoms with Gasteiger partial charge in [-0.25, -0.2) is 4.39 Å². The molecule has 0 radical (unpaired) electrons. The Morgan fingerprint density at radius 2 is 1.32 bits per heavy atom. The van der Waals surface area contributed by atoms with Gasteiger partial charge in [-0.2, -0.15) is 8.78 Å². The zero-order valence-electron chi connectivity index (χ0n) is 10.2. The summed E-state index contributed by atoms with van der Waals surface area (Å²) in [5.74, 6) is -1.05. The molecule has 2 aromatic rings. The molecule has 0 aromatic heterocycles. The van der Waals surface area contributed by atoms with E-state index in [9.17, 15) is 13.2 Å². The van der Waals surface area contributed by atoms with Gasteiger partial charge in [-0.3, -0.25) is 0 Å². The van der Waals surface area contributed by atoms with E-state index < -0.39 is 12.4 Å². The summed E-state index contributed by atoms with van der Waals surface area (Å²) in [6.45, 7) is -3.07. The summed E-state index contributed by atoms with van der Waals surface area (Å²) in [6.07, 6.45) is 0. The second kappa shape index (κ2) is 6.93. The minimum atomic E-state index is -3.07. The van der Waals surface area contributed by atoms with Crippen LogP contribution in [-0.2, 0) is 0 Å². The van der Waals surface area contributed by atoms with Crippen LogP contribution in [0.1, 0.15) is 0 Å². The Morgan fingerprint density at radius 3 is 1.82 bits per heavy atom. The number of ether oxygens (including phenoxy) is 1. The monoisotopic (exact) mass is 408 g/mol. The fraction of sp³-hybridized carbons (Fsp3) is 0.0769. The van der Waals surface area contributed by atoms with Gasteiger partial charge in [-0.15, -0.1) is 0 Å². The summed E-state index contributed by atoms with van der Waals surface area (Å²) in [4.78, 5) is 0. The Bertz CT molecular complexity index is 707. The van der Waals surface area contributed by atoms with Crippen molar-refractivity contribution in [2.75, 3.05) is 0 Å². The number of hydrogen-bond donors (Lipinski definition) is 0. The van der Waals surface area contributed by atoms with Gasteiger partial charge in [0.05, 0.1) is 25.1 Å². The van der Waals surface area contributed by atoms with Gasteiger partial charge in [-0.1, -0.05) is 58.0 Å². The quantitative estimate of drug-likeness (QED) is 0.379. The topological polar surface area (TPSA) is 9.23 Å². The molecule has 0 spiro atoms. The fourth-order valence-electron chi connectivity index (χ4n) is 1.71. The van der Waals surface area contributed by atoms with Crippen molar-refractivity contribution in [2.45, 2.75) is 6.61 Å². The third kappa shape index (κ3) is 3.36. The molecular formula is C13H4Cl5F3O. The van der Waals surface area contributed by atoms with Crippen molar-refractivity contribution in [2.24, 2.45) is 0 Å². The predicted octanol–water partition coefficient (Wildman–Crippen LogP) is 7.36. The Kier molecular flexibility index (Phi) is 5.62. The lowest BCUT2D eigenvalue weighted by Gasteiger charge is -2.14. The molecule has 0 bridgehead atoms. The first-order valence-electron chi connectivity index (χ1n) is 5.50. The summed E-state index contributed by atoms with van der Waals surface area (Å²) in [5.41, 5.74) is -0.270. The van der Waals surface area contributed by atoms with Crippen LogP contribution < -0.4 is 4.74 Å². The average Bonchev–Trinajstić information content (AvgIpc) is 2.46. The van der Waals surface area contributed by atoms with E-state index in [4.69, 9.17) is 58.0 Å². The van der Waals surface area contributed by atoms with Gasteiger partial charge in [0.2, 0.25) is 0 Å². The van der Waals surface area contributed by atoms with Gasteiger partial charge in [0.15, 0.2) is 0 Å². The summed E-state index contributed by atoms with van der Waals surface area (Å²) in [6, 6.07) is 2.97. The van der Waals surface area contributed by atoms with E-state index in [2.05, 4.69) is 4.74 Å². The molecule has 0 fully saturated rings. The smallest absolute Gasteiger partial charge is 0.387 e. The molecule has 0 unspecified atom stereocenters. The summed E-state index contributed by atoms with van der Waals surface area (Å²) >= 11 is 29.7. The third-order valence-electron chi connectivity index (χ3n) is 2.64. The van der Waals surface area contributed by atoms with Gasteiger partial charge in [0.1, 0.15) is 11.6 Å². The molecule has 0 atom stereocenters. The van der Waals surface area contributed by atoms with Gasteiger partial charge in [0, 0.05) is 11.1 Å². The molecule has 118 valence electrons. The van der Waals surface area contributed by atoms with E-state index in [0.717, 1.165) is 18.2 Å². The molecule has 0 aliphatic carbocycles. The van der Waals surface area contributed by atoms with Crippen LogP contribution in [0.25, 0.3) is 11.1 Å². The molecule has 0 saturated heterocycles. The molecule has 22 heavy (non-hydrogen) atoms. The first kappa shape index (κ1) is 17.8. The molecule has 2 rings (SSSR count). The third-order valence-corrected chi connectivity index (χ3v) is 4.92. The average molecular weight is 410 g/mol. The number of rotatable bonds is 3. The maximum absolute atomic E-state index is 14.0. The number of benzene rings is 2. The highest BCUT2D eigenvalue weighted by molar-refractivity contribution is 6.56. The Morgan fingerprint density at radius 1 is 0.818 bits per heavy atom. The molecule has 0 aliphatic rings. The Hall–Kier alpha value is -0.520. The number of hydrogen-bond acceptors (Lipinski definition) is 1. The van der Waals surface area contributed by atoms with Crippen LogP contribution in [0.15, 0.2) is 18.2 Å². The number of alkyl halides is 2. The van der Waals surface area contributed by atoms with Gasteiger partial charge >= 0.3 is 6.61 Å². The highest BCUT2D eigenvalue weighted by Crippen LogP contribution is 2.49. The maximum Gasteiger partial charge on any atom is 0.387 e. The standard InChI is InChI=1S/C13H4Cl5F3O/c14-8-7(9(15)11(17)12(18)10(8)16)5-3-4(22-13(20)21)1-2-6(5)19/h1-3,13H. The van der Waals surface area contributed by atoms with E-state index in [0.29, 0.717) is 0 Å². The Balaban J connectivity index is 2.71. The molecule has 0 N–H and O–H groups in total. The van der Waals surface area contributed by atoms with Crippen molar-refractivity contribution < 1.29 is 17.9 Å². The summed E-state index contributed by atoms with van der Waals surface area (Å²) in [7, 11) is 0. The lowest BCUT2D eigenvalue weighted by molar-refractivity contribution is -0.0498. The minimum absolute atomic E-state index is 0.0695. The van der Waals surface area contributed by atoms with E-state index in [1.807, 2.05) is 0 Å². The molecule has 2 aromatic carbocycles. The molecular weight excluding hydrogens is 406 g/mol. The van der Waals surface area contributed by atoms with Crippen molar-refractivity contribution >= 4 is 58.0 Å². The summed E-state index contributed by atoms with van der Waals surface area (Å²) in [5, 5.41) is -0.676. The number of halogens is 8. The largest absolute Gasteiger partial charge is 0.435 e. The summed E-state index contributed by atoms with van der Waals surface area (Å²) < 4.78 is 42.8. The first-order chi connectivity index (χ1) is 10.2. The second-order valence-electron chi connectivity index (χ2n) is 3.97. The molecule has 0 heterocycles. The van der Waals surface area contributed by atoms with Crippen LogP contribution >= 0.6 is 58.0 Å². The van der Waals surface area contributed by atoms with Crippen molar-refractivity contribution in [3.05, 3.63) is 49.1 Å². The van der Waals surface area contributed by atoms with Crippen molar-refractivity contribution in [1.82, 2.24) is 0 Å². The Labute approximate surface area is 148 Å². The van der Waals surface area contributed by atoms with Crippen LogP contribution in [0, 0.1) is 5.82 Å². The molecule has 1 nitrogen and oxygen atoms in total. The van der Waals surface area contributed by atoms with Gasteiger partial charge in [-0.05, 0) is 18.2 Å². The fourth-order valence-corrected chi connectivity index (χ4v) is 3.06. The van der Waals surface area contributed by atoms with Crippen LogP contribution in [0.2, 0.25) is 25.1 Å². The molecule has 0 amide bonds. The van der Waals surface area contributed by atoms with Crippen molar-refractivity contribution in [3.8, 4) is 16.9 Å². The van der Waals surface area contributed by atoms with Crippen LogP contribution in [0.4, 0.5) is 13.2 Å². The highest BCUT2D eigenvalue weighted by atomic mass is 35.5. The molecule has 9 heteroatoms. The van der Waals surface area contributed by atoms with E-state index in [1.165, 1.54) is 0 Å². The lowest BCUT2D eigenvalue weighted by Crippen LogP contribution is -2.02. The van der Waals surface area contributed by atoms with Gasteiger partial charge < -0.3 is 4.74 Å². The van der Waals surface area contributed by atoms with E-state index in [1.54, 1.807) is 0 Å². The van der Waals surface area contributed by atoms with Crippen molar-refractivity contribution in [1.29, 1.82) is 0 Å². The van der Waals surface area contributed by atoms with E-state index >= 15 is 0 Å². The first-order valence-corrected chi connectivity index (χ1v) is 7.39. The molecule has 0 aliphatic heterocycles. The maximum atomic E-state index is 14.0. The normalized spacial score (nSPS) is 11.1. The SMILES string of the molecule is Fc1ccc(OC(F)F)cc1-c1c(Cl)c(Cl)c(Cl)c(Cl)c1Cl. The second-order valence-corrected chi connectivity index (χ2v) is 5.85. The van der Waals surface area contributed by atoms with E-state index in [-0.39, 0.29) is 42.0 Å². The zero-order chi connectivity index (χ0) is 16.6. The zero-order valence-corrected chi connectivity index (χ0v) is 14.0. The molecule has 0 saturated carbocycles.